The molecular formula is C61H65N. The van der Waals surface area contributed by atoms with E-state index in [1.54, 1.807) is 33.4 Å². The second kappa shape index (κ2) is 17.6. The summed E-state index contributed by atoms with van der Waals surface area (Å²) in [4.78, 5) is 5.35. The largest absolute Gasteiger partial charge is 0.253 e. The molecule has 6 unspecified atom stereocenters. The highest BCUT2D eigenvalue weighted by Gasteiger charge is 2.37. The molecule has 1 aromatic heterocycles. The van der Waals surface area contributed by atoms with Crippen LogP contribution in [0.4, 0.5) is 0 Å². The molecule has 0 bridgehead atoms. The minimum absolute atomic E-state index is 0.368. The standard InChI is InChI=1S/C61H65N/c1-41-57(50-24-15-23-47(37-50)43-16-5-2-6-17-43)40-51-22-11-12-25-53(51)56-33-32-49(38-58(41)56)48-30-28-44-29-31-52(54-26-13-14-27-55(54)59(44)39-48)34-42-35-60(45-18-7-3-8-19-45)62-61(36-42)46-20-9-4-10-21-46/h2-5,7-9,11-12,15-16,18,20,22-25,28,30,35-36,38-39,41,44-45,47,52,57,59H,6,10,13-14,17,19,21,26-27,29,31-34,37,40H2,1H3/t41-,44?,45?,47?,52?,57?,59?/m0/s1. The first kappa shape index (κ1) is 39.8. The first-order chi connectivity index (χ1) is 30.6. The second-order valence-corrected chi connectivity index (χ2v) is 20.0. The Bertz CT molecular complexity index is 2520. The molecule has 0 amide bonds. The van der Waals surface area contributed by atoms with Gasteiger partial charge in [0.05, 0.1) is 5.69 Å². The lowest BCUT2D eigenvalue weighted by atomic mass is 9.71. The Balaban J connectivity index is 0.903. The van der Waals surface area contributed by atoms with Gasteiger partial charge in [-0.2, -0.15) is 0 Å². The molecule has 9 aliphatic rings. The summed E-state index contributed by atoms with van der Waals surface area (Å²) in [5.74, 6) is 3.65. The van der Waals surface area contributed by atoms with Gasteiger partial charge in [-0.1, -0.05) is 157 Å². The highest BCUT2D eigenvalue weighted by molar-refractivity contribution is 5.77. The molecule has 0 aliphatic heterocycles. The topological polar surface area (TPSA) is 12.9 Å². The van der Waals surface area contributed by atoms with E-state index in [1.807, 2.05) is 11.1 Å². The third kappa shape index (κ3) is 7.95. The summed E-state index contributed by atoms with van der Waals surface area (Å²) in [7, 11) is 0. The van der Waals surface area contributed by atoms with E-state index >= 15 is 0 Å². The van der Waals surface area contributed by atoms with Crippen LogP contribution in [0.15, 0.2) is 179 Å². The normalized spacial score (nSPS) is 30.2. The number of hydrogen-bond acceptors (Lipinski definition) is 1. The highest BCUT2D eigenvalue weighted by atomic mass is 14.7. The van der Waals surface area contributed by atoms with Crippen LogP contribution in [0.5, 0.6) is 0 Å². The Hall–Kier alpha value is -5.01. The van der Waals surface area contributed by atoms with Crippen molar-refractivity contribution in [3.63, 3.8) is 0 Å². The molecule has 62 heavy (non-hydrogen) atoms. The molecule has 1 nitrogen and oxygen atoms in total. The van der Waals surface area contributed by atoms with Crippen LogP contribution in [-0.2, 0) is 12.8 Å². The summed E-state index contributed by atoms with van der Waals surface area (Å²) in [6.45, 7) is 2.56. The first-order valence-electron chi connectivity index (χ1n) is 24.7. The Morgan fingerprint density at radius 1 is 0.694 bits per heavy atom. The Morgan fingerprint density at radius 3 is 2.40 bits per heavy atom. The van der Waals surface area contributed by atoms with Gasteiger partial charge >= 0.3 is 0 Å². The highest BCUT2D eigenvalue weighted by Crippen LogP contribution is 2.51. The van der Waals surface area contributed by atoms with Crippen LogP contribution in [0, 0.1) is 35.5 Å². The van der Waals surface area contributed by atoms with E-state index in [-0.39, 0.29) is 0 Å². The fraction of sp³-hybridized carbons (Fsp3) is 0.393. The number of aromatic nitrogens is 1. The van der Waals surface area contributed by atoms with Gasteiger partial charge in [-0.15, -0.1) is 0 Å². The quantitative estimate of drug-likeness (QED) is 0.254. The SMILES string of the molecule is C[C@@H]1C2=C(CCC(C3=CC4C5=C(CCCC5)C(Cc5cc(C6=CC=CCC6)nc(C6C=CC=CC6)c5)CCC4C=C3)=C2)c2ccccc2CC1C1=CC=CC(C2=CC=CCC2)C1. The maximum atomic E-state index is 5.35. The van der Waals surface area contributed by atoms with Crippen LogP contribution in [0.3, 0.4) is 0 Å². The Labute approximate surface area is 372 Å². The predicted octanol–water partition coefficient (Wildman–Crippen LogP) is 15.7. The maximum Gasteiger partial charge on any atom is 0.0668 e. The number of nitrogens with zero attached hydrogens (tertiary/aromatic N) is 1. The van der Waals surface area contributed by atoms with E-state index in [1.165, 1.54) is 85.0 Å². The van der Waals surface area contributed by atoms with Crippen molar-refractivity contribution in [2.45, 2.75) is 116 Å². The van der Waals surface area contributed by atoms with E-state index < -0.39 is 0 Å². The minimum atomic E-state index is 0.368. The van der Waals surface area contributed by atoms with E-state index in [0.717, 1.165) is 51.4 Å². The molecule has 1 heterocycles. The molecule has 0 fully saturated rings. The molecule has 0 saturated carbocycles. The van der Waals surface area contributed by atoms with Crippen LogP contribution in [0.25, 0.3) is 11.1 Å². The van der Waals surface area contributed by atoms with Crippen LogP contribution < -0.4 is 0 Å². The van der Waals surface area contributed by atoms with Gasteiger partial charge in [0, 0.05) is 23.4 Å². The number of benzene rings is 1. The summed E-state index contributed by atoms with van der Waals surface area (Å²) >= 11 is 0. The zero-order chi connectivity index (χ0) is 41.4. The lowest BCUT2D eigenvalue weighted by Gasteiger charge is -2.33. The van der Waals surface area contributed by atoms with Gasteiger partial charge in [0.2, 0.25) is 0 Å². The number of allylic oxidation sites excluding steroid dienone is 26. The number of rotatable bonds is 7. The Morgan fingerprint density at radius 2 is 1.55 bits per heavy atom. The molecule has 1 aromatic carbocycles. The van der Waals surface area contributed by atoms with Crippen LogP contribution in [-0.4, -0.2) is 4.98 Å². The smallest absolute Gasteiger partial charge is 0.0668 e. The minimum Gasteiger partial charge on any atom is -0.253 e. The molecular weight excluding hydrogens is 747 g/mol. The van der Waals surface area contributed by atoms with Gasteiger partial charge in [-0.25, -0.2) is 0 Å². The maximum absolute atomic E-state index is 5.35. The van der Waals surface area contributed by atoms with Gasteiger partial charge in [-0.05, 0) is 183 Å². The summed E-state index contributed by atoms with van der Waals surface area (Å²) in [6.07, 6.45) is 60.1. The van der Waals surface area contributed by atoms with Gasteiger partial charge < -0.3 is 0 Å². The molecule has 0 N–H and O–H groups in total. The summed E-state index contributed by atoms with van der Waals surface area (Å²) < 4.78 is 0. The van der Waals surface area contributed by atoms with Gasteiger partial charge in [0.1, 0.15) is 0 Å². The van der Waals surface area contributed by atoms with E-state index in [9.17, 15) is 0 Å². The second-order valence-electron chi connectivity index (χ2n) is 20.0. The van der Waals surface area contributed by atoms with Crippen molar-refractivity contribution in [1.82, 2.24) is 4.98 Å². The van der Waals surface area contributed by atoms with Crippen molar-refractivity contribution in [3.8, 4) is 0 Å². The molecule has 0 saturated heterocycles. The van der Waals surface area contributed by atoms with E-state index in [0.29, 0.717) is 41.4 Å². The van der Waals surface area contributed by atoms with Crippen molar-refractivity contribution in [3.05, 3.63) is 207 Å². The molecule has 11 rings (SSSR count). The van der Waals surface area contributed by atoms with Crippen molar-refractivity contribution in [1.29, 1.82) is 0 Å². The van der Waals surface area contributed by atoms with Crippen molar-refractivity contribution < 1.29 is 0 Å². The monoisotopic (exact) mass is 812 g/mol. The average Bonchev–Trinajstić information content (AvgIpc) is 3.58. The van der Waals surface area contributed by atoms with Gasteiger partial charge in [-0.3, -0.25) is 4.98 Å². The van der Waals surface area contributed by atoms with E-state index in [4.69, 9.17) is 4.98 Å². The predicted molar refractivity (Wildman–Crippen MR) is 261 cm³/mol. The van der Waals surface area contributed by atoms with Crippen LogP contribution >= 0.6 is 0 Å². The zero-order valence-corrected chi connectivity index (χ0v) is 37.1. The van der Waals surface area contributed by atoms with E-state index in [2.05, 4.69) is 147 Å². The van der Waals surface area contributed by atoms with Gasteiger partial charge in [0.15, 0.2) is 0 Å². The fourth-order valence-corrected chi connectivity index (χ4v) is 13.1. The Kier molecular flexibility index (Phi) is 11.3. The summed E-state index contributed by atoms with van der Waals surface area (Å²) in [6, 6.07) is 14.4. The average molecular weight is 812 g/mol. The molecule has 1 heteroatoms. The summed E-state index contributed by atoms with van der Waals surface area (Å²) in [5.41, 5.74) is 21.6. The number of pyridine rings is 1. The molecule has 7 atom stereocenters. The lowest BCUT2D eigenvalue weighted by Crippen LogP contribution is -2.22. The molecule has 0 spiro atoms. The van der Waals surface area contributed by atoms with Crippen LogP contribution in [0.1, 0.15) is 131 Å². The molecule has 314 valence electrons. The molecule has 9 aliphatic carbocycles. The summed E-state index contributed by atoms with van der Waals surface area (Å²) in [5, 5.41) is 0. The first-order valence-corrected chi connectivity index (χ1v) is 24.7. The molecule has 2 aromatic rings. The fourth-order valence-electron chi connectivity index (χ4n) is 13.1. The zero-order valence-electron chi connectivity index (χ0n) is 37.1. The third-order valence-electron chi connectivity index (χ3n) is 16.4. The van der Waals surface area contributed by atoms with Crippen molar-refractivity contribution in [2.24, 2.45) is 35.5 Å². The third-order valence-corrected chi connectivity index (χ3v) is 16.4. The van der Waals surface area contributed by atoms with Crippen molar-refractivity contribution in [2.75, 3.05) is 0 Å². The van der Waals surface area contributed by atoms with Crippen molar-refractivity contribution >= 4 is 11.1 Å². The molecule has 0 radical (unpaired) electrons. The number of hydrogen-bond donors (Lipinski definition) is 0. The number of fused-ring (bicyclic) bond motifs is 4. The lowest BCUT2D eigenvalue weighted by molar-refractivity contribution is 0.445. The van der Waals surface area contributed by atoms with Crippen LogP contribution in [0.2, 0.25) is 0 Å². The van der Waals surface area contributed by atoms with Gasteiger partial charge in [0.25, 0.3) is 0 Å².